The molecule has 0 bridgehead atoms. The Bertz CT molecular complexity index is 267. The molecule has 0 saturated carbocycles. The summed E-state index contributed by atoms with van der Waals surface area (Å²) in [6.45, 7) is 0. The summed E-state index contributed by atoms with van der Waals surface area (Å²) in [5, 5.41) is 0. The second kappa shape index (κ2) is 3.77. The van der Waals surface area contributed by atoms with Crippen LogP contribution in [-0.2, 0) is 16.3 Å². The maximum absolute atomic E-state index is 6.43. The van der Waals surface area contributed by atoms with Crippen LogP contribution in [0.5, 0.6) is 0 Å². The normalized spacial score (nSPS) is 21.2. The molecule has 0 aromatic heterocycles. The van der Waals surface area contributed by atoms with Crippen LogP contribution in [0.15, 0.2) is 44.4 Å². The van der Waals surface area contributed by atoms with Crippen molar-refractivity contribution in [3.8, 4) is 0 Å². The van der Waals surface area contributed by atoms with Crippen LogP contribution in [0.1, 0.15) is 12.8 Å². The first-order valence-electron chi connectivity index (χ1n) is 3.87. The van der Waals surface area contributed by atoms with Gasteiger partial charge in [-0.05, 0) is 0 Å². The molecule has 2 heteroatoms. The summed E-state index contributed by atoms with van der Waals surface area (Å²) in [4.78, 5) is 0. The monoisotopic (exact) mass is 360 g/mol. The van der Waals surface area contributed by atoms with Crippen molar-refractivity contribution in [1.82, 2.24) is 0 Å². The Morgan fingerprint density at radius 3 is 1.83 bits per heavy atom. The molecule has 0 radical (unpaired) electrons. The molecule has 0 aromatic carbocycles. The molecular weight excluding hydrogens is 351 g/mol. The van der Waals surface area contributed by atoms with Gasteiger partial charge in [0.25, 0.3) is 0 Å². The van der Waals surface area contributed by atoms with Gasteiger partial charge in [0, 0.05) is 0 Å². The van der Waals surface area contributed by atoms with Crippen molar-refractivity contribution in [2.45, 2.75) is 12.8 Å². The van der Waals surface area contributed by atoms with Crippen molar-refractivity contribution in [3.63, 3.8) is 0 Å². The van der Waals surface area contributed by atoms with Crippen LogP contribution < -0.4 is 0 Å². The summed E-state index contributed by atoms with van der Waals surface area (Å²) in [5.41, 5.74) is 0. The molecular formula is C10H10ClPt. The van der Waals surface area contributed by atoms with Crippen LogP contribution in [0.25, 0.3) is 0 Å². The molecule has 0 heterocycles. The van der Waals surface area contributed by atoms with Gasteiger partial charge < -0.3 is 0 Å². The number of halogens is 1. The van der Waals surface area contributed by atoms with Crippen molar-refractivity contribution >= 4 is 9.42 Å². The van der Waals surface area contributed by atoms with Gasteiger partial charge >= 0.3 is 82.9 Å². The van der Waals surface area contributed by atoms with Gasteiger partial charge in [0.15, 0.2) is 0 Å². The van der Waals surface area contributed by atoms with Gasteiger partial charge in [0.2, 0.25) is 0 Å². The van der Waals surface area contributed by atoms with Crippen molar-refractivity contribution in [2.75, 3.05) is 0 Å². The van der Waals surface area contributed by atoms with Gasteiger partial charge in [0.05, 0.1) is 0 Å². The fraction of sp³-hybridized carbons (Fsp3) is 0.200. The molecule has 2 aliphatic carbocycles. The number of hydrogen-bond donors (Lipinski definition) is 0. The standard InChI is InChI=1S/2C5H5.ClH.Pt/c2*1-2-4-5-3-1;;/h2*1-3H,4H2;1H;/q;;;+1/p-1. The molecule has 0 amide bonds. The Kier molecular flexibility index (Phi) is 2.68. The molecule has 0 N–H and O–H groups in total. The fourth-order valence-corrected chi connectivity index (χ4v) is 5.99. The van der Waals surface area contributed by atoms with E-state index < -0.39 is 16.3 Å². The quantitative estimate of drug-likeness (QED) is 0.707. The van der Waals surface area contributed by atoms with E-state index in [2.05, 4.69) is 36.5 Å². The molecule has 0 spiro atoms. The Labute approximate surface area is 82.8 Å². The molecule has 0 unspecified atom stereocenters. The molecule has 2 aliphatic rings. The van der Waals surface area contributed by atoms with E-state index in [0.29, 0.717) is 0 Å². The van der Waals surface area contributed by atoms with Crippen LogP contribution >= 0.6 is 9.42 Å². The molecule has 0 atom stereocenters. The van der Waals surface area contributed by atoms with E-state index in [0.717, 1.165) is 12.8 Å². The topological polar surface area (TPSA) is 0 Å². The van der Waals surface area contributed by atoms with E-state index in [9.17, 15) is 0 Å². The van der Waals surface area contributed by atoms with Crippen molar-refractivity contribution in [2.24, 2.45) is 0 Å². The predicted molar refractivity (Wildman–Crippen MR) is 49.5 cm³/mol. The van der Waals surface area contributed by atoms with E-state index in [4.69, 9.17) is 9.42 Å². The van der Waals surface area contributed by atoms with Gasteiger partial charge in [0.1, 0.15) is 0 Å². The van der Waals surface area contributed by atoms with Crippen LogP contribution in [0, 0.1) is 0 Å². The number of allylic oxidation sites excluding steroid dienone is 8. The van der Waals surface area contributed by atoms with Gasteiger partial charge in [-0.15, -0.1) is 0 Å². The molecule has 0 nitrogen and oxygen atoms in total. The summed E-state index contributed by atoms with van der Waals surface area (Å²) in [6.07, 6.45) is 15.2. The first-order valence-corrected chi connectivity index (χ1v) is 8.96. The van der Waals surface area contributed by atoms with E-state index in [1.54, 1.807) is 0 Å². The van der Waals surface area contributed by atoms with Crippen LogP contribution in [0.2, 0.25) is 0 Å². The summed E-state index contributed by atoms with van der Waals surface area (Å²) >= 11 is -1.42. The third kappa shape index (κ3) is 1.65. The average Bonchev–Trinajstić information content (AvgIpc) is 2.77. The van der Waals surface area contributed by atoms with E-state index >= 15 is 0 Å². The fourth-order valence-electron chi connectivity index (χ4n) is 1.15. The van der Waals surface area contributed by atoms with Crippen molar-refractivity contribution < 1.29 is 16.3 Å². The first kappa shape index (κ1) is 8.53. The van der Waals surface area contributed by atoms with Gasteiger partial charge in [-0.1, -0.05) is 0 Å². The van der Waals surface area contributed by atoms with E-state index in [-0.39, 0.29) is 0 Å². The zero-order valence-corrected chi connectivity index (χ0v) is 9.60. The Morgan fingerprint density at radius 2 is 1.50 bits per heavy atom. The Morgan fingerprint density at radius 1 is 1.00 bits per heavy atom. The molecule has 67 valence electrons. The Balaban J connectivity index is 2.05. The average molecular weight is 361 g/mol. The van der Waals surface area contributed by atoms with Crippen LogP contribution in [-0.4, -0.2) is 0 Å². The minimum atomic E-state index is -1.42. The molecule has 0 saturated heterocycles. The van der Waals surface area contributed by atoms with E-state index in [1.165, 1.54) is 7.93 Å². The number of hydrogen-bond acceptors (Lipinski definition) is 0. The van der Waals surface area contributed by atoms with Gasteiger partial charge in [-0.3, -0.25) is 0 Å². The maximum atomic E-state index is 6.43. The third-order valence-electron chi connectivity index (χ3n) is 1.76. The summed E-state index contributed by atoms with van der Waals surface area (Å²) < 4.78 is 2.97. The second-order valence-corrected chi connectivity index (χ2v) is 8.91. The first-order chi connectivity index (χ1) is 5.88. The summed E-state index contributed by atoms with van der Waals surface area (Å²) in [6, 6.07) is 0. The number of rotatable bonds is 2. The molecule has 0 fully saturated rings. The minimum absolute atomic E-state index is 1.09. The van der Waals surface area contributed by atoms with Crippen molar-refractivity contribution in [1.29, 1.82) is 0 Å². The summed E-state index contributed by atoms with van der Waals surface area (Å²) in [7, 11) is 6.43. The molecule has 0 aromatic rings. The molecule has 2 rings (SSSR count). The predicted octanol–water partition coefficient (Wildman–Crippen LogP) is 3.45. The SMILES string of the molecule is [Cl][Pt]([C]1=CC=CC1)[C]1=CC=CC1. The zero-order chi connectivity index (χ0) is 8.39. The second-order valence-electron chi connectivity index (χ2n) is 2.61. The Hall–Kier alpha value is -0.0617. The molecule has 0 aliphatic heterocycles. The van der Waals surface area contributed by atoms with Gasteiger partial charge in [-0.25, -0.2) is 0 Å². The van der Waals surface area contributed by atoms with Crippen LogP contribution in [0.4, 0.5) is 0 Å². The third-order valence-corrected chi connectivity index (χ3v) is 8.52. The zero-order valence-electron chi connectivity index (χ0n) is 6.57. The molecule has 12 heavy (non-hydrogen) atoms. The van der Waals surface area contributed by atoms with Gasteiger partial charge in [-0.2, -0.15) is 0 Å². The van der Waals surface area contributed by atoms with Crippen LogP contribution in [0.3, 0.4) is 0 Å². The summed E-state index contributed by atoms with van der Waals surface area (Å²) in [5.74, 6) is 0. The van der Waals surface area contributed by atoms with Crippen molar-refractivity contribution in [3.05, 3.63) is 44.4 Å². The van der Waals surface area contributed by atoms with E-state index in [1.807, 2.05) is 0 Å².